The van der Waals surface area contributed by atoms with Crippen molar-refractivity contribution in [3.05, 3.63) is 71.8 Å². The molecule has 126 valence electrons. The van der Waals surface area contributed by atoms with Gasteiger partial charge in [0.25, 0.3) is 15.9 Å². The molecule has 0 saturated heterocycles. The molecule has 0 saturated carbocycles. The van der Waals surface area contributed by atoms with Crippen LogP contribution in [-0.2, 0) is 16.6 Å². The second kappa shape index (κ2) is 5.58. The first kappa shape index (κ1) is 15.6. The zero-order valence-corrected chi connectivity index (χ0v) is 14.0. The van der Waals surface area contributed by atoms with Gasteiger partial charge < -0.3 is 0 Å². The fourth-order valence-electron chi connectivity index (χ4n) is 3.14. The number of hydrazine groups is 1. The summed E-state index contributed by atoms with van der Waals surface area (Å²) in [6, 6.07) is 17.5. The van der Waals surface area contributed by atoms with E-state index in [1.165, 1.54) is 4.31 Å². The van der Waals surface area contributed by atoms with Crippen LogP contribution in [-0.4, -0.2) is 14.3 Å². The SMILES string of the molecule is NNC(=O)c1ccc(CN2c3cccc4cccc(c34)S2(=O)=O)cc1. The molecule has 0 aromatic heterocycles. The quantitative estimate of drug-likeness (QED) is 0.429. The number of hydrogen-bond acceptors (Lipinski definition) is 4. The normalized spacial score (nSPS) is 14.7. The minimum absolute atomic E-state index is 0.195. The minimum Gasteiger partial charge on any atom is -0.290 e. The smallest absolute Gasteiger partial charge is 0.265 e. The Bertz CT molecular complexity index is 1090. The highest BCUT2D eigenvalue weighted by Gasteiger charge is 2.35. The molecule has 1 heterocycles. The average molecular weight is 353 g/mol. The first-order chi connectivity index (χ1) is 12.0. The Hall–Kier alpha value is -2.90. The molecule has 3 aromatic carbocycles. The van der Waals surface area contributed by atoms with Crippen LogP contribution in [0.15, 0.2) is 65.6 Å². The summed E-state index contributed by atoms with van der Waals surface area (Å²) in [5.41, 5.74) is 3.94. The first-order valence-electron chi connectivity index (χ1n) is 7.67. The molecule has 0 radical (unpaired) electrons. The van der Waals surface area contributed by atoms with Crippen molar-refractivity contribution in [2.24, 2.45) is 5.84 Å². The summed E-state index contributed by atoms with van der Waals surface area (Å²) in [5.74, 6) is 4.72. The summed E-state index contributed by atoms with van der Waals surface area (Å²) in [5, 5.41) is 1.65. The molecular weight excluding hydrogens is 338 g/mol. The van der Waals surface area contributed by atoms with E-state index in [1.54, 1.807) is 36.4 Å². The van der Waals surface area contributed by atoms with E-state index in [0.29, 0.717) is 16.1 Å². The molecule has 1 aliphatic heterocycles. The van der Waals surface area contributed by atoms with E-state index in [1.807, 2.05) is 24.3 Å². The maximum atomic E-state index is 12.9. The van der Waals surface area contributed by atoms with Crippen molar-refractivity contribution in [1.82, 2.24) is 5.43 Å². The Labute approximate surface area is 144 Å². The number of nitrogen functional groups attached to an aromatic ring is 1. The summed E-state index contributed by atoms with van der Waals surface area (Å²) < 4.78 is 27.3. The van der Waals surface area contributed by atoms with Crippen molar-refractivity contribution in [2.75, 3.05) is 4.31 Å². The molecule has 3 aromatic rings. The zero-order chi connectivity index (χ0) is 17.6. The maximum Gasteiger partial charge on any atom is 0.265 e. The molecule has 0 unspecified atom stereocenters. The topological polar surface area (TPSA) is 92.5 Å². The lowest BCUT2D eigenvalue weighted by Crippen LogP contribution is -2.30. The highest BCUT2D eigenvalue weighted by Crippen LogP contribution is 2.42. The number of hydrogen-bond donors (Lipinski definition) is 2. The van der Waals surface area contributed by atoms with E-state index in [2.05, 4.69) is 5.43 Å². The number of sulfonamides is 1. The number of nitrogens with zero attached hydrogens (tertiary/aromatic N) is 1. The summed E-state index contributed by atoms with van der Waals surface area (Å²) in [4.78, 5) is 11.8. The number of carbonyl (C=O) groups is 1. The first-order valence-corrected chi connectivity index (χ1v) is 9.11. The van der Waals surface area contributed by atoms with Gasteiger partial charge in [0, 0.05) is 10.9 Å². The number of anilines is 1. The van der Waals surface area contributed by atoms with Crippen LogP contribution in [0.5, 0.6) is 0 Å². The molecule has 6 nitrogen and oxygen atoms in total. The van der Waals surface area contributed by atoms with E-state index in [-0.39, 0.29) is 6.54 Å². The molecule has 1 amide bonds. The molecule has 25 heavy (non-hydrogen) atoms. The Morgan fingerprint density at radius 1 is 1.00 bits per heavy atom. The number of benzene rings is 3. The van der Waals surface area contributed by atoms with Crippen molar-refractivity contribution >= 4 is 32.4 Å². The van der Waals surface area contributed by atoms with Crippen molar-refractivity contribution in [3.8, 4) is 0 Å². The monoisotopic (exact) mass is 353 g/mol. The van der Waals surface area contributed by atoms with Gasteiger partial charge >= 0.3 is 0 Å². The number of carbonyl (C=O) groups excluding carboxylic acids is 1. The summed E-state index contributed by atoms with van der Waals surface area (Å²) >= 11 is 0. The van der Waals surface area contributed by atoms with Crippen LogP contribution in [0.4, 0.5) is 5.69 Å². The number of nitrogens with one attached hydrogen (secondary N) is 1. The van der Waals surface area contributed by atoms with Gasteiger partial charge in [0.1, 0.15) is 0 Å². The second-order valence-electron chi connectivity index (χ2n) is 5.81. The van der Waals surface area contributed by atoms with E-state index in [9.17, 15) is 13.2 Å². The number of rotatable bonds is 3. The van der Waals surface area contributed by atoms with Crippen molar-refractivity contribution < 1.29 is 13.2 Å². The van der Waals surface area contributed by atoms with Gasteiger partial charge in [-0.3, -0.25) is 14.5 Å². The molecular formula is C18H15N3O3S. The summed E-state index contributed by atoms with van der Waals surface area (Å²) in [6.45, 7) is 0.195. The largest absolute Gasteiger partial charge is 0.290 e. The third-order valence-electron chi connectivity index (χ3n) is 4.35. The van der Waals surface area contributed by atoms with Gasteiger partial charge in [-0.15, -0.1) is 0 Å². The van der Waals surface area contributed by atoms with Crippen LogP contribution >= 0.6 is 0 Å². The van der Waals surface area contributed by atoms with E-state index < -0.39 is 15.9 Å². The zero-order valence-electron chi connectivity index (χ0n) is 13.1. The third kappa shape index (κ3) is 2.36. The van der Waals surface area contributed by atoms with Crippen LogP contribution in [0.3, 0.4) is 0 Å². The fraction of sp³-hybridized carbons (Fsp3) is 0.0556. The molecule has 0 fully saturated rings. The fourth-order valence-corrected chi connectivity index (χ4v) is 4.84. The van der Waals surface area contributed by atoms with E-state index >= 15 is 0 Å². The van der Waals surface area contributed by atoms with Crippen molar-refractivity contribution in [3.63, 3.8) is 0 Å². The van der Waals surface area contributed by atoms with E-state index in [0.717, 1.165) is 16.3 Å². The Morgan fingerprint density at radius 3 is 2.36 bits per heavy atom. The van der Waals surface area contributed by atoms with Crippen LogP contribution in [0.25, 0.3) is 10.8 Å². The van der Waals surface area contributed by atoms with Gasteiger partial charge in [-0.05, 0) is 35.2 Å². The standard InChI is InChI=1S/C18H15N3O3S/c19-20-18(22)14-9-7-12(8-10-14)11-21-15-5-1-3-13-4-2-6-16(17(13)15)25(21,23)24/h1-10H,11,19H2,(H,20,22). The van der Waals surface area contributed by atoms with Gasteiger partial charge in [-0.1, -0.05) is 36.4 Å². The minimum atomic E-state index is -3.59. The van der Waals surface area contributed by atoms with Crippen molar-refractivity contribution in [2.45, 2.75) is 11.4 Å². The second-order valence-corrected chi connectivity index (χ2v) is 7.64. The number of nitrogens with two attached hydrogens (primary N) is 1. The molecule has 0 bridgehead atoms. The van der Waals surface area contributed by atoms with Crippen LogP contribution in [0, 0.1) is 0 Å². The van der Waals surface area contributed by atoms with Gasteiger partial charge in [0.2, 0.25) is 0 Å². The van der Waals surface area contributed by atoms with E-state index in [4.69, 9.17) is 5.84 Å². The average Bonchev–Trinajstić information content (AvgIpc) is 2.85. The molecule has 7 heteroatoms. The predicted molar refractivity (Wildman–Crippen MR) is 95.4 cm³/mol. The molecule has 0 aliphatic carbocycles. The summed E-state index contributed by atoms with van der Waals surface area (Å²) in [6.07, 6.45) is 0. The Morgan fingerprint density at radius 2 is 1.68 bits per heavy atom. The maximum absolute atomic E-state index is 12.9. The lowest BCUT2D eigenvalue weighted by molar-refractivity contribution is 0.0953. The van der Waals surface area contributed by atoms with Crippen LogP contribution < -0.4 is 15.6 Å². The highest BCUT2D eigenvalue weighted by molar-refractivity contribution is 7.93. The van der Waals surface area contributed by atoms with Gasteiger partial charge in [-0.2, -0.15) is 0 Å². The Kier molecular flexibility index (Phi) is 3.48. The Balaban J connectivity index is 1.75. The van der Waals surface area contributed by atoms with Crippen molar-refractivity contribution in [1.29, 1.82) is 0 Å². The highest BCUT2D eigenvalue weighted by atomic mass is 32.2. The van der Waals surface area contributed by atoms with Crippen LogP contribution in [0.1, 0.15) is 15.9 Å². The summed E-state index contributed by atoms with van der Waals surface area (Å²) in [7, 11) is -3.59. The molecule has 1 aliphatic rings. The lowest BCUT2D eigenvalue weighted by atomic mass is 10.1. The molecule has 4 rings (SSSR count). The lowest BCUT2D eigenvalue weighted by Gasteiger charge is -2.19. The molecule has 0 spiro atoms. The third-order valence-corrected chi connectivity index (χ3v) is 6.16. The van der Waals surface area contributed by atoms with Gasteiger partial charge in [0.15, 0.2) is 0 Å². The van der Waals surface area contributed by atoms with Crippen LogP contribution in [0.2, 0.25) is 0 Å². The molecule has 0 atom stereocenters. The van der Waals surface area contributed by atoms with Gasteiger partial charge in [-0.25, -0.2) is 14.3 Å². The predicted octanol–water partition coefficient (Wildman–Crippen LogP) is 2.15. The molecule has 3 N–H and O–H groups in total. The number of amides is 1. The van der Waals surface area contributed by atoms with Gasteiger partial charge in [0.05, 0.1) is 17.1 Å².